The molecule has 4 rings (SSSR count). The van der Waals surface area contributed by atoms with E-state index in [-0.39, 0.29) is 24.6 Å². The van der Waals surface area contributed by atoms with Gasteiger partial charge in [-0.1, -0.05) is 29.8 Å². The smallest absolute Gasteiger partial charge is 0.257 e. The zero-order chi connectivity index (χ0) is 21.1. The number of aromatic amines is 1. The molecule has 2 aromatic carbocycles. The SMILES string of the molecule is CN(Cc1cc(=O)[nH]c2ccccc12)C(=O)c1ccoc1COc1ccc(Cl)cc1. The minimum absolute atomic E-state index is 0.109. The highest BCUT2D eigenvalue weighted by Crippen LogP contribution is 2.21. The van der Waals surface area contributed by atoms with Crippen molar-refractivity contribution in [3.63, 3.8) is 0 Å². The number of aromatic nitrogens is 1. The number of furan rings is 1. The lowest BCUT2D eigenvalue weighted by molar-refractivity contribution is 0.0780. The van der Waals surface area contributed by atoms with E-state index in [2.05, 4.69) is 4.98 Å². The molecule has 6 nitrogen and oxygen atoms in total. The predicted molar refractivity (Wildman–Crippen MR) is 115 cm³/mol. The molecule has 2 heterocycles. The Morgan fingerprint density at radius 2 is 1.90 bits per heavy atom. The van der Waals surface area contributed by atoms with Gasteiger partial charge in [0, 0.05) is 35.6 Å². The average molecular weight is 423 g/mol. The normalized spacial score (nSPS) is 10.9. The molecule has 0 radical (unpaired) electrons. The summed E-state index contributed by atoms with van der Waals surface area (Å²) in [6, 6.07) is 17.6. The number of nitrogens with one attached hydrogen (secondary N) is 1. The Bertz CT molecular complexity index is 1240. The van der Waals surface area contributed by atoms with Crippen molar-refractivity contribution in [1.82, 2.24) is 9.88 Å². The average Bonchev–Trinajstić information content (AvgIpc) is 3.21. The van der Waals surface area contributed by atoms with Crippen LogP contribution in [0.15, 0.2) is 76.1 Å². The number of H-pyrrole nitrogens is 1. The molecule has 0 aliphatic rings. The van der Waals surface area contributed by atoms with Crippen LogP contribution in [-0.2, 0) is 13.2 Å². The first-order chi connectivity index (χ1) is 14.5. The van der Waals surface area contributed by atoms with E-state index in [0.29, 0.717) is 22.1 Å². The first-order valence-corrected chi connectivity index (χ1v) is 9.70. The van der Waals surface area contributed by atoms with Crippen LogP contribution in [0.3, 0.4) is 0 Å². The van der Waals surface area contributed by atoms with E-state index in [1.165, 1.54) is 12.3 Å². The molecule has 7 heteroatoms. The summed E-state index contributed by atoms with van der Waals surface area (Å²) in [5.74, 6) is 0.831. The molecule has 0 atom stereocenters. The molecule has 0 aliphatic carbocycles. The quantitative estimate of drug-likeness (QED) is 0.491. The van der Waals surface area contributed by atoms with Crippen molar-refractivity contribution in [1.29, 1.82) is 0 Å². The number of ether oxygens (including phenoxy) is 1. The first kappa shape index (κ1) is 19.8. The van der Waals surface area contributed by atoms with Gasteiger partial charge < -0.3 is 19.0 Å². The summed E-state index contributed by atoms with van der Waals surface area (Å²) in [6.45, 7) is 0.392. The molecule has 0 spiro atoms. The van der Waals surface area contributed by atoms with Crippen molar-refractivity contribution in [2.45, 2.75) is 13.2 Å². The summed E-state index contributed by atoms with van der Waals surface area (Å²) in [4.78, 5) is 29.4. The molecule has 0 saturated heterocycles. The van der Waals surface area contributed by atoms with Gasteiger partial charge in [-0.3, -0.25) is 9.59 Å². The van der Waals surface area contributed by atoms with E-state index in [9.17, 15) is 9.59 Å². The van der Waals surface area contributed by atoms with E-state index < -0.39 is 0 Å². The number of para-hydroxylation sites is 1. The largest absolute Gasteiger partial charge is 0.486 e. The second-order valence-corrected chi connectivity index (χ2v) is 7.30. The van der Waals surface area contributed by atoms with Crippen LogP contribution < -0.4 is 10.3 Å². The Morgan fingerprint density at radius 1 is 1.13 bits per heavy atom. The molecule has 4 aromatic rings. The van der Waals surface area contributed by atoms with Crippen LogP contribution >= 0.6 is 11.6 Å². The third kappa shape index (κ3) is 4.23. The summed E-state index contributed by atoms with van der Waals surface area (Å²) >= 11 is 5.88. The van der Waals surface area contributed by atoms with Crippen LogP contribution in [0, 0.1) is 0 Å². The fraction of sp³-hybridized carbons (Fsp3) is 0.130. The zero-order valence-corrected chi connectivity index (χ0v) is 17.0. The monoisotopic (exact) mass is 422 g/mol. The lowest BCUT2D eigenvalue weighted by Gasteiger charge is -2.18. The molecule has 2 aromatic heterocycles. The van der Waals surface area contributed by atoms with Crippen LogP contribution in [0.5, 0.6) is 5.75 Å². The molecule has 0 bridgehead atoms. The van der Waals surface area contributed by atoms with Crippen molar-refractivity contribution in [2.75, 3.05) is 7.05 Å². The number of hydrogen-bond acceptors (Lipinski definition) is 4. The highest BCUT2D eigenvalue weighted by molar-refractivity contribution is 6.30. The van der Waals surface area contributed by atoms with E-state index in [0.717, 1.165) is 16.5 Å². The lowest BCUT2D eigenvalue weighted by atomic mass is 10.1. The van der Waals surface area contributed by atoms with Crippen LogP contribution in [0.2, 0.25) is 5.02 Å². The van der Waals surface area contributed by atoms with E-state index >= 15 is 0 Å². The molecular weight excluding hydrogens is 404 g/mol. The zero-order valence-electron chi connectivity index (χ0n) is 16.2. The highest BCUT2D eigenvalue weighted by Gasteiger charge is 2.20. The topological polar surface area (TPSA) is 75.5 Å². The fourth-order valence-corrected chi connectivity index (χ4v) is 3.39. The van der Waals surface area contributed by atoms with Gasteiger partial charge in [-0.05, 0) is 42.0 Å². The Kier molecular flexibility index (Phi) is 5.59. The second-order valence-electron chi connectivity index (χ2n) is 6.87. The molecule has 0 unspecified atom stereocenters. The summed E-state index contributed by atoms with van der Waals surface area (Å²) < 4.78 is 11.2. The highest BCUT2D eigenvalue weighted by atomic mass is 35.5. The van der Waals surface area contributed by atoms with Gasteiger partial charge in [-0.25, -0.2) is 0 Å². The van der Waals surface area contributed by atoms with E-state index in [1.807, 2.05) is 24.3 Å². The number of benzene rings is 2. The molecule has 1 N–H and O–H groups in total. The maximum atomic E-state index is 13.0. The minimum atomic E-state index is -0.220. The number of pyridine rings is 1. The molecular formula is C23H19ClN2O4. The van der Waals surface area contributed by atoms with Crippen molar-refractivity contribution in [3.8, 4) is 5.75 Å². The Morgan fingerprint density at radius 3 is 2.70 bits per heavy atom. The number of halogens is 1. The molecule has 0 saturated carbocycles. The van der Waals surface area contributed by atoms with Gasteiger partial charge in [0.1, 0.15) is 12.4 Å². The van der Waals surface area contributed by atoms with Crippen molar-refractivity contribution in [3.05, 3.63) is 99.2 Å². The number of fused-ring (bicyclic) bond motifs is 1. The van der Waals surface area contributed by atoms with Crippen LogP contribution in [0.25, 0.3) is 10.9 Å². The van der Waals surface area contributed by atoms with Crippen LogP contribution in [0.4, 0.5) is 0 Å². The third-order valence-corrected chi connectivity index (χ3v) is 5.00. The maximum Gasteiger partial charge on any atom is 0.257 e. The lowest BCUT2D eigenvalue weighted by Crippen LogP contribution is -2.27. The van der Waals surface area contributed by atoms with Gasteiger partial charge in [0.25, 0.3) is 5.91 Å². The number of rotatable bonds is 6. The summed E-state index contributed by atoms with van der Waals surface area (Å²) in [5, 5.41) is 1.51. The van der Waals surface area contributed by atoms with Crippen molar-refractivity contribution < 1.29 is 13.9 Å². The molecule has 1 amide bonds. The molecule has 0 fully saturated rings. The Hall–Kier alpha value is -3.51. The Labute approximate surface area is 177 Å². The van der Waals surface area contributed by atoms with Crippen LogP contribution in [0.1, 0.15) is 21.7 Å². The number of carbonyl (C=O) groups is 1. The van der Waals surface area contributed by atoms with Gasteiger partial charge >= 0.3 is 0 Å². The first-order valence-electron chi connectivity index (χ1n) is 9.32. The van der Waals surface area contributed by atoms with Gasteiger partial charge in [0.2, 0.25) is 5.56 Å². The van der Waals surface area contributed by atoms with Crippen molar-refractivity contribution in [2.24, 2.45) is 0 Å². The second kappa shape index (κ2) is 8.47. The standard InChI is InChI=1S/C23H19ClN2O4/c1-26(13-15-12-22(27)25-20-5-3-2-4-18(15)20)23(28)19-10-11-29-21(19)14-30-17-8-6-16(24)7-9-17/h2-12H,13-14H2,1H3,(H,25,27). The summed E-state index contributed by atoms with van der Waals surface area (Å²) in [5.41, 5.74) is 1.72. The summed E-state index contributed by atoms with van der Waals surface area (Å²) in [6.07, 6.45) is 1.46. The summed E-state index contributed by atoms with van der Waals surface area (Å²) in [7, 11) is 1.69. The molecule has 0 aliphatic heterocycles. The predicted octanol–water partition coefficient (Wildman–Crippen LogP) is 4.63. The maximum absolute atomic E-state index is 13.0. The van der Waals surface area contributed by atoms with Gasteiger partial charge in [0.15, 0.2) is 5.76 Å². The van der Waals surface area contributed by atoms with Crippen molar-refractivity contribution >= 4 is 28.4 Å². The number of carbonyl (C=O) groups excluding carboxylic acids is 1. The van der Waals surface area contributed by atoms with E-state index in [4.69, 9.17) is 20.8 Å². The van der Waals surface area contributed by atoms with Gasteiger partial charge in [0.05, 0.1) is 11.8 Å². The van der Waals surface area contributed by atoms with Gasteiger partial charge in [-0.15, -0.1) is 0 Å². The fourth-order valence-electron chi connectivity index (χ4n) is 3.26. The molecule has 30 heavy (non-hydrogen) atoms. The number of hydrogen-bond donors (Lipinski definition) is 1. The van der Waals surface area contributed by atoms with Gasteiger partial charge in [-0.2, -0.15) is 0 Å². The van der Waals surface area contributed by atoms with Crippen LogP contribution in [-0.4, -0.2) is 22.8 Å². The third-order valence-electron chi connectivity index (χ3n) is 4.75. The number of amides is 1. The number of nitrogens with zero attached hydrogens (tertiary/aromatic N) is 1. The minimum Gasteiger partial charge on any atom is -0.486 e. The van der Waals surface area contributed by atoms with E-state index in [1.54, 1.807) is 42.3 Å². The molecule has 152 valence electrons. The Balaban J connectivity index is 1.51.